The van der Waals surface area contributed by atoms with E-state index in [4.69, 9.17) is 47.0 Å². The van der Waals surface area contributed by atoms with Gasteiger partial charge in [-0.15, -0.1) is 0 Å². The van der Waals surface area contributed by atoms with Crippen molar-refractivity contribution in [3.05, 3.63) is 103 Å². The number of benzene rings is 4. The summed E-state index contributed by atoms with van der Waals surface area (Å²) < 4.78 is -1.86. The Kier molecular flexibility index (Phi) is 7.59. The molecule has 0 fully saturated rings. The molecule has 0 aromatic heterocycles. The maximum atomic E-state index is 13.0. The SMILES string of the molecule is O=C(NC(NC(=S)Nc1ccc(-c2ccccc2)cc1)C(Cl)(Cl)Cl)c1cccc2ccccc12. The van der Waals surface area contributed by atoms with Gasteiger partial charge in [0.05, 0.1) is 0 Å². The van der Waals surface area contributed by atoms with Crippen LogP contribution in [0.2, 0.25) is 0 Å². The minimum atomic E-state index is -1.86. The third kappa shape index (κ3) is 5.99. The average Bonchev–Trinajstić information content (AvgIpc) is 2.83. The molecule has 3 N–H and O–H groups in total. The monoisotopic (exact) mass is 527 g/mol. The molecule has 1 atom stereocenters. The Morgan fingerprint density at radius 1 is 0.735 bits per heavy atom. The van der Waals surface area contributed by atoms with Gasteiger partial charge in [-0.25, -0.2) is 0 Å². The van der Waals surface area contributed by atoms with Crippen LogP contribution in [0.4, 0.5) is 5.69 Å². The molecule has 4 aromatic rings. The predicted molar refractivity (Wildman–Crippen MR) is 147 cm³/mol. The average molecular weight is 529 g/mol. The number of nitrogens with one attached hydrogen (secondary N) is 3. The van der Waals surface area contributed by atoms with Gasteiger partial charge < -0.3 is 16.0 Å². The largest absolute Gasteiger partial charge is 0.339 e. The minimum absolute atomic E-state index is 0.196. The molecular weight excluding hydrogens is 509 g/mol. The Bertz CT molecular complexity index is 1300. The Morgan fingerprint density at radius 2 is 1.35 bits per heavy atom. The first-order valence-corrected chi connectivity index (χ1v) is 11.9. The number of fused-ring (bicyclic) bond motifs is 1. The number of thiocarbonyl (C=S) groups is 1. The number of hydrogen-bond donors (Lipinski definition) is 3. The second kappa shape index (κ2) is 10.6. The Hall–Kier alpha value is -2.83. The molecule has 0 aliphatic rings. The maximum Gasteiger partial charge on any atom is 0.253 e. The molecule has 0 bridgehead atoms. The number of anilines is 1. The highest BCUT2D eigenvalue weighted by Gasteiger charge is 2.35. The molecule has 1 amide bonds. The Morgan fingerprint density at radius 3 is 2.06 bits per heavy atom. The summed E-state index contributed by atoms with van der Waals surface area (Å²) >= 11 is 23.9. The fourth-order valence-corrected chi connectivity index (χ4v) is 4.07. The molecule has 0 saturated heterocycles. The van der Waals surface area contributed by atoms with E-state index in [1.807, 2.05) is 84.9 Å². The van der Waals surface area contributed by atoms with E-state index in [1.54, 1.807) is 12.1 Å². The first kappa shape index (κ1) is 24.3. The summed E-state index contributed by atoms with van der Waals surface area (Å²) in [6.07, 6.45) is -1.08. The number of alkyl halides is 3. The van der Waals surface area contributed by atoms with Gasteiger partial charge in [-0.2, -0.15) is 0 Å². The lowest BCUT2D eigenvalue weighted by Gasteiger charge is -2.28. The standard InChI is InChI=1S/C26H20Cl3N3OS/c27-26(28,29)24(31-23(33)22-12-6-10-19-9-4-5-11-21(19)22)32-25(34)30-20-15-13-18(14-16-20)17-7-2-1-3-8-17/h1-16,24H,(H,31,33)(H2,30,32,34). The third-order valence-electron chi connectivity index (χ3n) is 5.16. The molecule has 4 nitrogen and oxygen atoms in total. The molecule has 1 unspecified atom stereocenters. The fourth-order valence-electron chi connectivity index (χ4n) is 3.51. The molecule has 34 heavy (non-hydrogen) atoms. The van der Waals surface area contributed by atoms with Gasteiger partial charge in [-0.05, 0) is 52.3 Å². The van der Waals surface area contributed by atoms with Crippen LogP contribution in [0.3, 0.4) is 0 Å². The van der Waals surface area contributed by atoms with E-state index in [9.17, 15) is 4.79 Å². The molecule has 0 heterocycles. The van der Waals surface area contributed by atoms with Gasteiger partial charge >= 0.3 is 0 Å². The van der Waals surface area contributed by atoms with Crippen molar-refractivity contribution in [1.82, 2.24) is 10.6 Å². The van der Waals surface area contributed by atoms with Gasteiger partial charge in [0.1, 0.15) is 6.17 Å². The number of hydrogen-bond acceptors (Lipinski definition) is 2. The van der Waals surface area contributed by atoms with E-state index in [-0.39, 0.29) is 5.11 Å². The third-order valence-corrected chi connectivity index (χ3v) is 6.04. The van der Waals surface area contributed by atoms with Crippen molar-refractivity contribution in [3.63, 3.8) is 0 Å². The van der Waals surface area contributed by atoms with E-state index in [1.165, 1.54) is 0 Å². The van der Waals surface area contributed by atoms with Crippen LogP contribution in [0, 0.1) is 0 Å². The zero-order chi connectivity index (χ0) is 24.1. The molecule has 4 aromatic carbocycles. The first-order valence-electron chi connectivity index (χ1n) is 10.4. The smallest absolute Gasteiger partial charge is 0.253 e. The van der Waals surface area contributed by atoms with Gasteiger partial charge in [-0.3, -0.25) is 4.79 Å². The van der Waals surface area contributed by atoms with Crippen LogP contribution in [0.5, 0.6) is 0 Å². The van der Waals surface area contributed by atoms with Gasteiger partial charge in [0.2, 0.25) is 3.79 Å². The van der Waals surface area contributed by atoms with Gasteiger partial charge in [-0.1, -0.05) is 114 Å². The number of amides is 1. The van der Waals surface area contributed by atoms with Crippen molar-refractivity contribution < 1.29 is 4.79 Å². The normalized spacial score (nSPS) is 12.1. The highest BCUT2D eigenvalue weighted by molar-refractivity contribution is 7.80. The summed E-state index contributed by atoms with van der Waals surface area (Å²) in [7, 11) is 0. The quantitative estimate of drug-likeness (QED) is 0.149. The van der Waals surface area contributed by atoms with Crippen molar-refractivity contribution in [2.75, 3.05) is 5.32 Å². The lowest BCUT2D eigenvalue weighted by Crippen LogP contribution is -2.56. The van der Waals surface area contributed by atoms with Crippen LogP contribution in [0.1, 0.15) is 10.4 Å². The van der Waals surface area contributed by atoms with E-state index < -0.39 is 15.9 Å². The maximum absolute atomic E-state index is 13.0. The lowest BCUT2D eigenvalue weighted by atomic mass is 10.0. The molecule has 0 saturated carbocycles. The number of carbonyl (C=O) groups excluding carboxylic acids is 1. The predicted octanol–water partition coefficient (Wildman–Crippen LogP) is 6.92. The van der Waals surface area contributed by atoms with Crippen LogP contribution < -0.4 is 16.0 Å². The summed E-state index contributed by atoms with van der Waals surface area (Å²) in [6, 6.07) is 30.8. The fraction of sp³-hybridized carbons (Fsp3) is 0.0769. The van der Waals surface area contributed by atoms with Gasteiger partial charge in [0.25, 0.3) is 5.91 Å². The van der Waals surface area contributed by atoms with Crippen molar-refractivity contribution in [3.8, 4) is 11.1 Å². The topological polar surface area (TPSA) is 53.2 Å². The van der Waals surface area contributed by atoms with E-state index in [2.05, 4.69) is 16.0 Å². The second-order valence-corrected chi connectivity index (χ2v) is 10.3. The Labute approximate surface area is 218 Å². The zero-order valence-electron chi connectivity index (χ0n) is 17.8. The molecule has 0 aliphatic heterocycles. The minimum Gasteiger partial charge on any atom is -0.339 e. The second-order valence-electron chi connectivity index (χ2n) is 7.52. The number of halogens is 3. The highest BCUT2D eigenvalue weighted by atomic mass is 35.6. The van der Waals surface area contributed by atoms with Crippen molar-refractivity contribution in [2.45, 2.75) is 9.96 Å². The zero-order valence-corrected chi connectivity index (χ0v) is 20.8. The van der Waals surface area contributed by atoms with Gasteiger partial charge in [0.15, 0.2) is 5.11 Å². The molecule has 0 spiro atoms. The van der Waals surface area contributed by atoms with Crippen LogP contribution in [0.25, 0.3) is 21.9 Å². The summed E-state index contributed by atoms with van der Waals surface area (Å²) in [6.45, 7) is 0. The first-order chi connectivity index (χ1) is 16.3. The molecular formula is C26H20Cl3N3OS. The van der Waals surface area contributed by atoms with Crippen molar-refractivity contribution in [1.29, 1.82) is 0 Å². The van der Waals surface area contributed by atoms with Crippen LogP contribution in [-0.4, -0.2) is 21.0 Å². The number of carbonyl (C=O) groups is 1. The molecule has 8 heteroatoms. The highest BCUT2D eigenvalue weighted by Crippen LogP contribution is 2.30. The van der Waals surface area contributed by atoms with Crippen LogP contribution in [0.15, 0.2) is 97.1 Å². The van der Waals surface area contributed by atoms with Crippen molar-refractivity contribution in [2.24, 2.45) is 0 Å². The molecule has 0 radical (unpaired) electrons. The number of rotatable bonds is 5. The molecule has 0 aliphatic carbocycles. The Balaban J connectivity index is 1.45. The summed E-state index contributed by atoms with van der Waals surface area (Å²) in [5.41, 5.74) is 3.41. The van der Waals surface area contributed by atoms with E-state index >= 15 is 0 Å². The summed E-state index contributed by atoms with van der Waals surface area (Å²) in [5, 5.41) is 10.6. The summed E-state index contributed by atoms with van der Waals surface area (Å²) in [4.78, 5) is 13.0. The van der Waals surface area contributed by atoms with Crippen LogP contribution >= 0.6 is 47.0 Å². The van der Waals surface area contributed by atoms with Crippen molar-refractivity contribution >= 4 is 74.5 Å². The molecule has 4 rings (SSSR count). The van der Waals surface area contributed by atoms with Gasteiger partial charge in [0, 0.05) is 11.3 Å². The molecule has 172 valence electrons. The lowest BCUT2D eigenvalue weighted by molar-refractivity contribution is 0.0936. The van der Waals surface area contributed by atoms with E-state index in [0.717, 1.165) is 27.6 Å². The summed E-state index contributed by atoms with van der Waals surface area (Å²) in [5.74, 6) is -0.393. The van der Waals surface area contributed by atoms with Crippen LogP contribution in [-0.2, 0) is 0 Å². The van der Waals surface area contributed by atoms with E-state index in [0.29, 0.717) is 5.56 Å².